The Morgan fingerprint density at radius 2 is 1.81 bits per heavy atom. The number of fused-ring (bicyclic) bond motifs is 1. The molecule has 5 nitrogen and oxygen atoms in total. The molecule has 3 rings (SSSR count). The summed E-state index contributed by atoms with van der Waals surface area (Å²) in [6.45, 7) is 0. The van der Waals surface area contributed by atoms with Crippen LogP contribution in [-0.2, 0) is 10.0 Å². The van der Waals surface area contributed by atoms with Crippen molar-refractivity contribution in [1.82, 2.24) is 4.98 Å². The molecule has 105 valence electrons. The second kappa shape index (κ2) is 5.06. The first-order valence-corrected chi connectivity index (χ1v) is 7.66. The highest BCUT2D eigenvalue weighted by Crippen LogP contribution is 2.23. The van der Waals surface area contributed by atoms with E-state index in [0.29, 0.717) is 5.39 Å². The van der Waals surface area contributed by atoms with Crippen LogP contribution in [-0.4, -0.2) is 13.4 Å². The van der Waals surface area contributed by atoms with Gasteiger partial charge in [0, 0.05) is 17.6 Å². The molecule has 21 heavy (non-hydrogen) atoms. The summed E-state index contributed by atoms with van der Waals surface area (Å²) in [6.07, 6.45) is 1.39. The quantitative estimate of drug-likeness (QED) is 0.777. The van der Waals surface area contributed by atoms with Crippen LogP contribution in [0.15, 0.2) is 64.4 Å². The Kier molecular flexibility index (Phi) is 3.23. The monoisotopic (exact) mass is 299 g/mol. The number of nitrogens with one attached hydrogen (secondary N) is 2. The molecular formula is C15H11N2O3S. The van der Waals surface area contributed by atoms with Crippen LogP contribution in [0, 0.1) is 6.07 Å². The minimum atomic E-state index is -3.86. The van der Waals surface area contributed by atoms with Gasteiger partial charge < -0.3 is 4.98 Å². The number of benzene rings is 2. The molecular weight excluding hydrogens is 288 g/mol. The van der Waals surface area contributed by atoms with E-state index < -0.39 is 15.6 Å². The van der Waals surface area contributed by atoms with Crippen LogP contribution in [0.25, 0.3) is 10.8 Å². The summed E-state index contributed by atoms with van der Waals surface area (Å²) in [5, 5.41) is 1.41. The zero-order chi connectivity index (χ0) is 14.9. The smallest absolute Gasteiger partial charge is 0.272 e. The van der Waals surface area contributed by atoms with Crippen molar-refractivity contribution in [3.63, 3.8) is 0 Å². The van der Waals surface area contributed by atoms with Crippen molar-refractivity contribution in [2.75, 3.05) is 4.72 Å². The summed E-state index contributed by atoms with van der Waals surface area (Å²) in [6, 6.07) is 16.2. The van der Waals surface area contributed by atoms with Crippen molar-refractivity contribution in [2.45, 2.75) is 4.90 Å². The topological polar surface area (TPSA) is 79.0 Å². The second-order valence-electron chi connectivity index (χ2n) is 4.41. The first-order chi connectivity index (χ1) is 10.1. The van der Waals surface area contributed by atoms with Gasteiger partial charge in [-0.1, -0.05) is 36.4 Å². The number of sulfonamides is 1. The molecule has 0 aliphatic carbocycles. The molecule has 0 aliphatic rings. The Balaban J connectivity index is 2.13. The lowest BCUT2D eigenvalue weighted by Crippen LogP contribution is -2.20. The lowest BCUT2D eigenvalue weighted by molar-refractivity contribution is 0.602. The summed E-state index contributed by atoms with van der Waals surface area (Å²) in [5.41, 5.74) is -0.674. The number of anilines is 1. The fourth-order valence-corrected chi connectivity index (χ4v) is 3.34. The van der Waals surface area contributed by atoms with Crippen molar-refractivity contribution < 1.29 is 8.42 Å². The van der Waals surface area contributed by atoms with Crippen molar-refractivity contribution in [3.8, 4) is 0 Å². The fraction of sp³-hybridized carbons (Fsp3) is 0. The second-order valence-corrected chi connectivity index (χ2v) is 6.06. The average molecular weight is 299 g/mol. The summed E-state index contributed by atoms with van der Waals surface area (Å²) < 4.78 is 27.2. The van der Waals surface area contributed by atoms with E-state index in [1.165, 1.54) is 18.3 Å². The van der Waals surface area contributed by atoms with Crippen LogP contribution < -0.4 is 10.3 Å². The molecule has 0 amide bonds. The fourth-order valence-electron chi connectivity index (χ4n) is 2.08. The molecule has 0 fully saturated rings. The van der Waals surface area contributed by atoms with Crippen LogP contribution in [0.2, 0.25) is 0 Å². The molecule has 0 saturated heterocycles. The molecule has 1 radical (unpaired) electrons. The van der Waals surface area contributed by atoms with E-state index in [2.05, 4.69) is 15.8 Å². The van der Waals surface area contributed by atoms with Gasteiger partial charge in [0.1, 0.15) is 5.69 Å². The van der Waals surface area contributed by atoms with E-state index >= 15 is 0 Å². The Labute approximate surface area is 121 Å². The number of hydrogen-bond acceptors (Lipinski definition) is 3. The highest BCUT2D eigenvalue weighted by atomic mass is 32.2. The third-order valence-electron chi connectivity index (χ3n) is 3.03. The van der Waals surface area contributed by atoms with Crippen molar-refractivity contribution in [2.24, 2.45) is 0 Å². The predicted octanol–water partition coefficient (Wildman–Crippen LogP) is 2.13. The highest BCUT2D eigenvalue weighted by molar-refractivity contribution is 7.93. The van der Waals surface area contributed by atoms with Crippen molar-refractivity contribution in [3.05, 3.63) is 71.1 Å². The van der Waals surface area contributed by atoms with Crippen molar-refractivity contribution in [1.29, 1.82) is 0 Å². The number of rotatable bonds is 3. The van der Waals surface area contributed by atoms with Gasteiger partial charge in [0.15, 0.2) is 0 Å². The van der Waals surface area contributed by atoms with Crippen LogP contribution in [0.5, 0.6) is 0 Å². The van der Waals surface area contributed by atoms with Crippen molar-refractivity contribution >= 4 is 26.5 Å². The normalized spacial score (nSPS) is 11.4. The molecule has 0 saturated carbocycles. The maximum absolute atomic E-state index is 12.5. The zero-order valence-electron chi connectivity index (χ0n) is 10.8. The maximum atomic E-state index is 12.5. The van der Waals surface area contributed by atoms with Gasteiger partial charge in [-0.25, -0.2) is 8.42 Å². The van der Waals surface area contributed by atoms with E-state index in [4.69, 9.17) is 0 Å². The first-order valence-electron chi connectivity index (χ1n) is 6.18. The molecule has 0 spiro atoms. The summed E-state index contributed by atoms with van der Waals surface area (Å²) in [7, 11) is -3.86. The van der Waals surface area contributed by atoms with Gasteiger partial charge in [0.25, 0.3) is 15.6 Å². The molecule has 0 unspecified atom stereocenters. The Bertz CT molecular complexity index is 956. The van der Waals surface area contributed by atoms with Gasteiger partial charge in [0.05, 0.1) is 4.90 Å². The predicted molar refractivity (Wildman–Crippen MR) is 80.7 cm³/mol. The number of hydrogen-bond donors (Lipinski definition) is 2. The van der Waals surface area contributed by atoms with Gasteiger partial charge in [-0.05, 0) is 17.5 Å². The molecule has 1 aromatic heterocycles. The van der Waals surface area contributed by atoms with E-state index in [-0.39, 0.29) is 10.6 Å². The molecule has 0 bridgehead atoms. The van der Waals surface area contributed by atoms with Gasteiger partial charge in [0.2, 0.25) is 0 Å². The number of aromatic amines is 1. The van der Waals surface area contributed by atoms with Crippen LogP contribution in [0.4, 0.5) is 5.69 Å². The number of aromatic nitrogens is 1. The minimum absolute atomic E-state index is 0.122. The molecule has 0 aliphatic heterocycles. The highest BCUT2D eigenvalue weighted by Gasteiger charge is 2.18. The largest absolute Gasteiger partial charge is 0.327 e. The SMILES string of the molecule is O=c1[nH]cc[c]c1NS(=O)(=O)c1cccc2ccccc12. The van der Waals surface area contributed by atoms with Gasteiger partial charge in [-0.15, -0.1) is 0 Å². The molecule has 0 atom stereocenters. The zero-order valence-corrected chi connectivity index (χ0v) is 11.6. The minimum Gasteiger partial charge on any atom is -0.327 e. The Morgan fingerprint density at radius 1 is 1.05 bits per heavy atom. The van der Waals surface area contributed by atoms with E-state index in [1.54, 1.807) is 18.2 Å². The molecule has 6 heteroatoms. The third kappa shape index (κ3) is 2.53. The Morgan fingerprint density at radius 3 is 2.62 bits per heavy atom. The summed E-state index contributed by atoms with van der Waals surface area (Å²) in [5.74, 6) is 0. The van der Waals surface area contributed by atoms with Crippen LogP contribution in [0.1, 0.15) is 0 Å². The van der Waals surface area contributed by atoms with E-state index in [9.17, 15) is 13.2 Å². The van der Waals surface area contributed by atoms with Gasteiger partial charge in [-0.2, -0.15) is 0 Å². The summed E-state index contributed by atoms with van der Waals surface area (Å²) in [4.78, 5) is 14.1. The lowest BCUT2D eigenvalue weighted by atomic mass is 10.1. The van der Waals surface area contributed by atoms with Crippen LogP contribution >= 0.6 is 0 Å². The molecule has 1 heterocycles. The lowest BCUT2D eigenvalue weighted by Gasteiger charge is -2.09. The summed E-state index contributed by atoms with van der Waals surface area (Å²) >= 11 is 0. The third-order valence-corrected chi connectivity index (χ3v) is 4.44. The first kappa shape index (κ1) is 13.4. The van der Waals surface area contributed by atoms with E-state index in [0.717, 1.165) is 5.39 Å². The van der Waals surface area contributed by atoms with Gasteiger partial charge in [-0.3, -0.25) is 9.52 Å². The standard InChI is InChI=1S/C15H11N2O3S/c18-15-13(8-4-10-16-15)17-21(19,20)14-9-3-6-11-5-1-2-7-12(11)14/h1-7,9-10,17H,(H,16,18). The van der Waals surface area contributed by atoms with Crippen LogP contribution in [0.3, 0.4) is 0 Å². The average Bonchev–Trinajstić information content (AvgIpc) is 2.49. The number of H-pyrrole nitrogens is 1. The van der Waals surface area contributed by atoms with E-state index in [1.807, 2.05) is 18.2 Å². The molecule has 2 N–H and O–H groups in total. The Hall–Kier alpha value is -2.60. The number of pyridine rings is 1. The van der Waals surface area contributed by atoms with Gasteiger partial charge >= 0.3 is 0 Å². The maximum Gasteiger partial charge on any atom is 0.272 e. The molecule has 3 aromatic rings. The molecule has 2 aromatic carbocycles.